The number of ether oxygens (including phenoxy) is 1. The van der Waals surface area contributed by atoms with E-state index in [1.807, 2.05) is 13.0 Å². The second-order valence-electron chi connectivity index (χ2n) is 6.91. The van der Waals surface area contributed by atoms with Gasteiger partial charge in [-0.05, 0) is 55.5 Å². The van der Waals surface area contributed by atoms with Crippen molar-refractivity contribution in [2.45, 2.75) is 11.8 Å². The second kappa shape index (κ2) is 4.62. The summed E-state index contributed by atoms with van der Waals surface area (Å²) in [6, 6.07) is 6.37. The number of halogens is 2. The van der Waals surface area contributed by atoms with Crippen LogP contribution >= 0.6 is 9.16 Å². The minimum absolute atomic E-state index is 0.276. The van der Waals surface area contributed by atoms with Crippen LogP contribution in [0.5, 0.6) is 5.75 Å². The molecule has 4 heteroatoms. The van der Waals surface area contributed by atoms with Crippen LogP contribution in [0.1, 0.15) is 6.92 Å². The molecule has 0 unspecified atom stereocenters. The molecular weight excluding hydrogens is 278 g/mol. The quantitative estimate of drug-likeness (QED) is 0.823. The molecule has 0 saturated carbocycles. The van der Waals surface area contributed by atoms with E-state index in [0.29, 0.717) is 17.7 Å². The molecule has 0 aliphatic heterocycles. The summed E-state index contributed by atoms with van der Waals surface area (Å²) in [5.74, 6) is -0.974. The van der Waals surface area contributed by atoms with E-state index < -0.39 is 20.8 Å². The highest BCUT2D eigenvalue weighted by molar-refractivity contribution is 8.47. The van der Waals surface area contributed by atoms with Gasteiger partial charge >= 0.3 is 0 Å². The summed E-state index contributed by atoms with van der Waals surface area (Å²) in [4.78, 5) is 1.11. The van der Waals surface area contributed by atoms with E-state index in [0.717, 1.165) is 4.90 Å². The van der Waals surface area contributed by atoms with Crippen LogP contribution in [0.2, 0.25) is 0 Å². The highest BCUT2D eigenvalue weighted by Gasteiger charge is 2.26. The van der Waals surface area contributed by atoms with Crippen LogP contribution in [0.15, 0.2) is 29.2 Å². The summed E-state index contributed by atoms with van der Waals surface area (Å²) >= 11 is 0. The molecule has 1 nitrogen and oxygen atoms in total. The highest BCUT2D eigenvalue weighted by Crippen LogP contribution is 2.66. The third-order valence-corrected chi connectivity index (χ3v) is 5.53. The van der Waals surface area contributed by atoms with Crippen LogP contribution in [-0.2, 0) is 0 Å². The standard InChI is InChI=1S/C16H22F2OS/c1-6-19-14-10-12-11(7-8-13(17)16(12)18)9-15(14)20(2,3,4)5/h7-10,20H,6H2,1-5H3. The Morgan fingerprint density at radius 2 is 1.70 bits per heavy atom. The zero-order valence-electron chi connectivity index (χ0n) is 12.6. The first-order valence-electron chi connectivity index (χ1n) is 6.66. The van der Waals surface area contributed by atoms with Gasteiger partial charge < -0.3 is 4.74 Å². The lowest BCUT2D eigenvalue weighted by atomic mass is 10.1. The first kappa shape index (κ1) is 15.1. The van der Waals surface area contributed by atoms with Gasteiger partial charge in [-0.15, -0.1) is 0 Å². The van der Waals surface area contributed by atoms with Crippen molar-refractivity contribution in [2.75, 3.05) is 31.6 Å². The molecule has 112 valence electrons. The Balaban J connectivity index is 2.82. The van der Waals surface area contributed by atoms with Crippen LogP contribution in [0.4, 0.5) is 8.78 Å². The van der Waals surface area contributed by atoms with Crippen LogP contribution < -0.4 is 4.74 Å². The zero-order chi connectivity index (χ0) is 15.2. The SMILES string of the molecule is CCOc1cc2c(F)c(F)ccc2cc1[SH](C)(C)(C)C. The van der Waals surface area contributed by atoms with Gasteiger partial charge in [0.1, 0.15) is 5.75 Å². The molecule has 0 aromatic heterocycles. The van der Waals surface area contributed by atoms with E-state index in [-0.39, 0.29) is 5.39 Å². The fraction of sp³-hybridized carbons (Fsp3) is 0.375. The Bertz CT molecular complexity index is 662. The number of hydrogen-bond donors (Lipinski definition) is 1. The van der Waals surface area contributed by atoms with Gasteiger partial charge in [0.05, 0.1) is 6.61 Å². The van der Waals surface area contributed by atoms with E-state index in [4.69, 9.17) is 4.74 Å². The normalized spacial score (nSPS) is 14.1. The Morgan fingerprint density at radius 1 is 1.05 bits per heavy atom. The van der Waals surface area contributed by atoms with Crippen molar-refractivity contribution in [3.05, 3.63) is 35.9 Å². The molecule has 20 heavy (non-hydrogen) atoms. The van der Waals surface area contributed by atoms with Crippen LogP contribution in [-0.4, -0.2) is 31.6 Å². The zero-order valence-corrected chi connectivity index (χ0v) is 13.5. The van der Waals surface area contributed by atoms with Gasteiger partial charge in [-0.1, -0.05) is 6.07 Å². The monoisotopic (exact) mass is 300 g/mol. The highest BCUT2D eigenvalue weighted by atomic mass is 32.3. The molecular formula is C16H22F2OS. The van der Waals surface area contributed by atoms with Crippen molar-refractivity contribution in [3.8, 4) is 5.75 Å². The number of hydrogen-bond acceptors (Lipinski definition) is 1. The summed E-state index contributed by atoms with van der Waals surface area (Å²) in [6.07, 6.45) is 8.87. The average Bonchev–Trinajstić information content (AvgIpc) is 2.32. The molecule has 0 atom stereocenters. The van der Waals surface area contributed by atoms with Gasteiger partial charge in [0.2, 0.25) is 0 Å². The number of fused-ring (bicyclic) bond motifs is 1. The molecule has 2 rings (SSSR count). The van der Waals surface area contributed by atoms with E-state index in [9.17, 15) is 8.78 Å². The molecule has 0 N–H and O–H groups in total. The Labute approximate surface area is 119 Å². The van der Waals surface area contributed by atoms with Crippen molar-refractivity contribution in [1.82, 2.24) is 0 Å². The topological polar surface area (TPSA) is 9.23 Å². The molecule has 0 radical (unpaired) electrons. The number of rotatable bonds is 3. The van der Waals surface area contributed by atoms with Crippen molar-refractivity contribution < 1.29 is 13.5 Å². The summed E-state index contributed by atoms with van der Waals surface area (Å²) in [5, 5.41) is 0.987. The average molecular weight is 300 g/mol. The molecule has 0 spiro atoms. The van der Waals surface area contributed by atoms with Gasteiger partial charge in [-0.25, -0.2) is 8.78 Å². The molecule has 0 amide bonds. The molecule has 2 aromatic carbocycles. The fourth-order valence-electron chi connectivity index (χ4n) is 2.25. The maximum absolute atomic E-state index is 13.9. The maximum atomic E-state index is 13.9. The van der Waals surface area contributed by atoms with E-state index >= 15 is 0 Å². The van der Waals surface area contributed by atoms with Gasteiger partial charge in [0.25, 0.3) is 0 Å². The minimum Gasteiger partial charge on any atom is -0.493 e. The molecule has 0 saturated heterocycles. The van der Waals surface area contributed by atoms with Crippen molar-refractivity contribution in [2.24, 2.45) is 0 Å². The van der Waals surface area contributed by atoms with Crippen molar-refractivity contribution >= 4 is 19.9 Å². The Hall–Kier alpha value is -1.29. The van der Waals surface area contributed by atoms with Gasteiger partial charge in [-0.3, -0.25) is 9.16 Å². The number of thiol groups is 1. The van der Waals surface area contributed by atoms with E-state index in [2.05, 4.69) is 25.0 Å². The van der Waals surface area contributed by atoms with E-state index in [1.165, 1.54) is 6.07 Å². The van der Waals surface area contributed by atoms with Gasteiger partial charge in [0.15, 0.2) is 11.6 Å². The van der Waals surface area contributed by atoms with E-state index in [1.54, 1.807) is 12.1 Å². The first-order valence-corrected chi connectivity index (χ1v) is 10.7. The van der Waals surface area contributed by atoms with Crippen LogP contribution in [0.25, 0.3) is 10.8 Å². The molecule has 2 aromatic rings. The third kappa shape index (κ3) is 2.75. The third-order valence-electron chi connectivity index (χ3n) is 3.25. The predicted molar refractivity (Wildman–Crippen MR) is 86.0 cm³/mol. The lowest BCUT2D eigenvalue weighted by Crippen LogP contribution is -2.13. The largest absolute Gasteiger partial charge is 0.493 e. The minimum atomic E-state index is -2.08. The molecule has 0 heterocycles. The predicted octanol–water partition coefficient (Wildman–Crippen LogP) is 4.47. The maximum Gasteiger partial charge on any atom is 0.166 e. The van der Waals surface area contributed by atoms with Crippen LogP contribution in [0, 0.1) is 11.6 Å². The lowest BCUT2D eigenvalue weighted by molar-refractivity contribution is 0.332. The first-order chi connectivity index (χ1) is 9.10. The van der Waals surface area contributed by atoms with Gasteiger partial charge in [0, 0.05) is 10.3 Å². The Kier molecular flexibility index (Phi) is 3.49. The number of benzene rings is 2. The summed E-state index contributed by atoms with van der Waals surface area (Å²) in [6.45, 7) is 2.39. The smallest absolute Gasteiger partial charge is 0.166 e. The molecule has 0 aliphatic carbocycles. The molecule has 0 aliphatic rings. The molecule has 0 bridgehead atoms. The van der Waals surface area contributed by atoms with Crippen LogP contribution in [0.3, 0.4) is 0 Å². The Morgan fingerprint density at radius 3 is 2.25 bits per heavy atom. The summed E-state index contributed by atoms with van der Waals surface area (Å²) < 4.78 is 33.0. The lowest BCUT2D eigenvalue weighted by Gasteiger charge is -2.48. The summed E-state index contributed by atoms with van der Waals surface area (Å²) in [5.41, 5.74) is 0. The van der Waals surface area contributed by atoms with Crippen molar-refractivity contribution in [3.63, 3.8) is 0 Å². The second-order valence-corrected chi connectivity index (χ2v) is 14.6. The van der Waals surface area contributed by atoms with Gasteiger partial charge in [-0.2, -0.15) is 0 Å². The fourth-order valence-corrected chi connectivity index (χ4v) is 3.91. The molecule has 0 fully saturated rings. The summed E-state index contributed by atoms with van der Waals surface area (Å²) in [7, 11) is -2.08. The van der Waals surface area contributed by atoms with Crippen molar-refractivity contribution in [1.29, 1.82) is 0 Å².